The Morgan fingerprint density at radius 3 is 2.65 bits per heavy atom. The molecule has 0 saturated carbocycles. The van der Waals surface area contributed by atoms with E-state index < -0.39 is 17.0 Å². The van der Waals surface area contributed by atoms with Crippen molar-refractivity contribution < 1.29 is 14.5 Å². The van der Waals surface area contributed by atoms with Crippen LogP contribution in [-0.2, 0) is 4.79 Å². The fraction of sp³-hybridized carbons (Fsp3) is 0.200. The van der Waals surface area contributed by atoms with Crippen molar-refractivity contribution in [3.63, 3.8) is 0 Å². The predicted molar refractivity (Wildman–Crippen MR) is 81.3 cm³/mol. The zero-order valence-corrected chi connectivity index (χ0v) is 12.1. The molecule has 1 aromatic rings. The molecule has 2 aliphatic heterocycles. The Kier molecular flexibility index (Phi) is 3.57. The second-order valence-electron chi connectivity index (χ2n) is 5.25. The van der Waals surface area contributed by atoms with Gasteiger partial charge in [-0.2, -0.15) is 0 Å². The molecule has 2 heterocycles. The van der Waals surface area contributed by atoms with Crippen molar-refractivity contribution in [3.8, 4) is 0 Å². The first-order valence-corrected chi connectivity index (χ1v) is 6.96. The molecule has 0 aliphatic carbocycles. The largest absolute Gasteiger partial charge is 0.329 e. The summed E-state index contributed by atoms with van der Waals surface area (Å²) in [5.41, 5.74) is 1.59. The number of rotatable bonds is 4. The highest BCUT2D eigenvalue weighted by molar-refractivity contribution is 6.01. The highest BCUT2D eigenvalue weighted by Gasteiger charge is 2.39. The first kappa shape index (κ1) is 14.8. The van der Waals surface area contributed by atoms with E-state index in [9.17, 15) is 19.7 Å². The van der Waals surface area contributed by atoms with Crippen LogP contribution in [0.15, 0.2) is 48.2 Å². The average molecular weight is 314 g/mol. The first-order chi connectivity index (χ1) is 11.0. The van der Waals surface area contributed by atoms with Crippen LogP contribution in [0.2, 0.25) is 0 Å². The Hall–Kier alpha value is -3.16. The fourth-order valence-electron chi connectivity index (χ4n) is 2.77. The molecule has 1 atom stereocenters. The van der Waals surface area contributed by atoms with Gasteiger partial charge in [0.1, 0.15) is 0 Å². The molecule has 0 radical (unpaired) electrons. The number of nitrogens with one attached hydrogen (secondary N) is 2. The van der Waals surface area contributed by atoms with Crippen molar-refractivity contribution >= 4 is 17.6 Å². The van der Waals surface area contributed by atoms with Crippen LogP contribution in [0.3, 0.4) is 0 Å². The van der Waals surface area contributed by atoms with Crippen molar-refractivity contribution in [3.05, 3.63) is 63.9 Å². The normalized spacial score (nSPS) is 20.0. The molecule has 2 aliphatic rings. The summed E-state index contributed by atoms with van der Waals surface area (Å²) in [6.45, 7) is 4.32. The van der Waals surface area contributed by atoms with E-state index in [1.807, 2.05) is 0 Å². The third-order valence-corrected chi connectivity index (χ3v) is 3.81. The maximum Gasteiger partial charge on any atom is 0.319 e. The first-order valence-electron chi connectivity index (χ1n) is 6.96. The second-order valence-corrected chi connectivity index (χ2v) is 5.25. The van der Waals surface area contributed by atoms with Gasteiger partial charge in [0.05, 0.1) is 28.8 Å². The van der Waals surface area contributed by atoms with Gasteiger partial charge in [-0.15, -0.1) is 6.58 Å². The van der Waals surface area contributed by atoms with Crippen molar-refractivity contribution in [2.45, 2.75) is 6.04 Å². The smallest absolute Gasteiger partial charge is 0.319 e. The molecule has 2 N–H and O–H groups in total. The monoisotopic (exact) mass is 314 g/mol. The van der Waals surface area contributed by atoms with Crippen molar-refractivity contribution in [2.24, 2.45) is 0 Å². The van der Waals surface area contributed by atoms with Crippen LogP contribution in [0, 0.1) is 10.1 Å². The van der Waals surface area contributed by atoms with E-state index in [1.54, 1.807) is 23.1 Å². The zero-order valence-electron chi connectivity index (χ0n) is 12.1. The highest BCUT2D eigenvalue weighted by Crippen LogP contribution is 2.32. The lowest BCUT2D eigenvalue weighted by Crippen LogP contribution is -2.44. The highest BCUT2D eigenvalue weighted by atomic mass is 16.6. The summed E-state index contributed by atoms with van der Waals surface area (Å²) >= 11 is 0. The quantitative estimate of drug-likeness (QED) is 0.495. The van der Waals surface area contributed by atoms with Crippen LogP contribution in [-0.4, -0.2) is 34.9 Å². The van der Waals surface area contributed by atoms with Gasteiger partial charge in [0, 0.05) is 18.7 Å². The Morgan fingerprint density at radius 2 is 2.04 bits per heavy atom. The van der Waals surface area contributed by atoms with E-state index in [2.05, 4.69) is 17.2 Å². The number of nitro groups is 1. The third-order valence-electron chi connectivity index (χ3n) is 3.81. The maximum atomic E-state index is 12.5. The van der Waals surface area contributed by atoms with Crippen LogP contribution >= 0.6 is 0 Å². The number of urea groups is 1. The summed E-state index contributed by atoms with van der Waals surface area (Å²) in [6, 6.07) is 4.77. The van der Waals surface area contributed by atoms with Gasteiger partial charge in [-0.1, -0.05) is 6.08 Å². The number of hydrogen-bond donors (Lipinski definition) is 2. The molecule has 3 amide bonds. The number of benzene rings is 1. The third kappa shape index (κ3) is 2.54. The lowest BCUT2D eigenvalue weighted by Gasteiger charge is -2.25. The predicted octanol–water partition coefficient (Wildman–Crippen LogP) is 1.23. The number of non-ortho nitro benzene ring substituents is 1. The van der Waals surface area contributed by atoms with Gasteiger partial charge >= 0.3 is 6.03 Å². The summed E-state index contributed by atoms with van der Waals surface area (Å²) < 4.78 is 0. The Balaban J connectivity index is 1.96. The van der Waals surface area contributed by atoms with Crippen molar-refractivity contribution in [1.29, 1.82) is 0 Å². The molecule has 0 saturated heterocycles. The summed E-state index contributed by atoms with van der Waals surface area (Å²) in [4.78, 5) is 36.1. The number of nitro benzene ring substituents is 1. The molecule has 0 spiro atoms. The van der Waals surface area contributed by atoms with E-state index in [0.717, 1.165) is 0 Å². The molecular weight excluding hydrogens is 300 g/mol. The standard InChI is InChI=1S/C15H14N4O4/c1-2-7-18-8-11-12(14(18)20)13(17-15(21)16-11)9-3-5-10(6-4-9)19(22)23/h2-6,13H,1,7-8H2,(H2,16,17,21). The molecule has 23 heavy (non-hydrogen) atoms. The maximum absolute atomic E-state index is 12.5. The molecule has 0 bridgehead atoms. The Morgan fingerprint density at radius 1 is 1.35 bits per heavy atom. The van der Waals surface area contributed by atoms with E-state index >= 15 is 0 Å². The second kappa shape index (κ2) is 5.56. The summed E-state index contributed by atoms with van der Waals surface area (Å²) in [5.74, 6) is -0.184. The van der Waals surface area contributed by atoms with Gasteiger partial charge in [0.15, 0.2) is 0 Å². The molecule has 1 aromatic carbocycles. The Bertz CT molecular complexity index is 738. The van der Waals surface area contributed by atoms with Gasteiger partial charge in [-0.3, -0.25) is 14.9 Å². The zero-order chi connectivity index (χ0) is 16.6. The molecule has 0 aromatic heterocycles. The van der Waals surface area contributed by atoms with E-state index in [1.165, 1.54) is 12.1 Å². The van der Waals surface area contributed by atoms with E-state index in [0.29, 0.717) is 29.9 Å². The molecule has 8 nitrogen and oxygen atoms in total. The molecule has 1 unspecified atom stereocenters. The molecule has 0 fully saturated rings. The summed E-state index contributed by atoms with van der Waals surface area (Å²) in [5, 5.41) is 16.1. The lowest BCUT2D eigenvalue weighted by molar-refractivity contribution is -0.384. The van der Waals surface area contributed by atoms with Gasteiger partial charge in [-0.05, 0) is 17.7 Å². The minimum Gasteiger partial charge on any atom is -0.329 e. The van der Waals surface area contributed by atoms with Gasteiger partial charge in [0.2, 0.25) is 0 Å². The molecular formula is C15H14N4O4. The van der Waals surface area contributed by atoms with Crippen molar-refractivity contribution in [2.75, 3.05) is 13.1 Å². The number of amides is 3. The molecule has 118 valence electrons. The van der Waals surface area contributed by atoms with Crippen molar-refractivity contribution in [1.82, 2.24) is 15.5 Å². The Labute approximate surface area is 131 Å². The summed E-state index contributed by atoms with van der Waals surface area (Å²) in [7, 11) is 0. The van der Waals surface area contributed by atoms with Crippen LogP contribution < -0.4 is 10.6 Å². The fourth-order valence-corrected chi connectivity index (χ4v) is 2.77. The molecule has 3 rings (SSSR count). The van der Waals surface area contributed by atoms with E-state index in [4.69, 9.17) is 0 Å². The minimum absolute atomic E-state index is 0.0470. The average Bonchev–Trinajstić information content (AvgIpc) is 2.83. The lowest BCUT2D eigenvalue weighted by atomic mass is 9.96. The number of carbonyl (C=O) groups excluding carboxylic acids is 2. The summed E-state index contributed by atoms with van der Waals surface area (Å²) in [6.07, 6.45) is 1.62. The SMILES string of the molecule is C=CCN1CC2=C(C1=O)C(c1ccc([N+](=O)[O-])cc1)NC(=O)N2. The number of carbonyl (C=O) groups is 2. The van der Waals surface area contributed by atoms with E-state index in [-0.39, 0.29) is 11.6 Å². The van der Waals surface area contributed by atoms with Crippen LogP contribution in [0.4, 0.5) is 10.5 Å². The minimum atomic E-state index is -0.623. The van der Waals surface area contributed by atoms with Crippen LogP contribution in [0.5, 0.6) is 0 Å². The molecule has 8 heteroatoms. The number of nitrogens with zero attached hydrogens (tertiary/aromatic N) is 2. The van der Waals surface area contributed by atoms with Gasteiger partial charge in [-0.25, -0.2) is 4.79 Å². The van der Waals surface area contributed by atoms with Crippen LogP contribution in [0.25, 0.3) is 0 Å². The number of hydrogen-bond acceptors (Lipinski definition) is 4. The van der Waals surface area contributed by atoms with Gasteiger partial charge < -0.3 is 15.5 Å². The van der Waals surface area contributed by atoms with Gasteiger partial charge in [0.25, 0.3) is 11.6 Å². The topological polar surface area (TPSA) is 105 Å². The van der Waals surface area contributed by atoms with Crippen LogP contribution in [0.1, 0.15) is 11.6 Å².